The van der Waals surface area contributed by atoms with Gasteiger partial charge in [0.25, 0.3) is 4.84 Å². The normalized spacial score (nSPS) is 15.1. The van der Waals surface area contributed by atoms with Crippen LogP contribution in [-0.2, 0) is 6.67 Å². The van der Waals surface area contributed by atoms with Crippen LogP contribution in [0, 0.1) is 4.84 Å². The Kier molecular flexibility index (Phi) is 5.22. The summed E-state index contributed by atoms with van der Waals surface area (Å²) in [7, 11) is 1.69. The molecule has 3 aromatic rings. The first-order chi connectivity index (χ1) is 13.2. The van der Waals surface area contributed by atoms with Crippen LogP contribution in [0.15, 0.2) is 59.0 Å². The number of piperazine rings is 1. The Morgan fingerprint density at radius 1 is 1.00 bits per heavy atom. The van der Waals surface area contributed by atoms with E-state index in [0.717, 1.165) is 37.5 Å². The lowest BCUT2D eigenvalue weighted by molar-refractivity contribution is 0.192. The average Bonchev–Trinajstić information content (AvgIpc) is 3.10. The molecule has 4 rings (SSSR count). The minimum atomic E-state index is 0.409. The van der Waals surface area contributed by atoms with E-state index in [4.69, 9.17) is 21.4 Å². The molecule has 0 unspecified atom stereocenters. The van der Waals surface area contributed by atoms with Gasteiger partial charge in [-0.15, -0.1) is 5.10 Å². The van der Waals surface area contributed by atoms with Gasteiger partial charge in [0, 0.05) is 37.4 Å². The molecule has 6 nitrogen and oxygen atoms in total. The fourth-order valence-corrected chi connectivity index (χ4v) is 3.40. The van der Waals surface area contributed by atoms with Crippen molar-refractivity contribution in [2.75, 3.05) is 38.2 Å². The van der Waals surface area contributed by atoms with Crippen LogP contribution in [-0.4, -0.2) is 48.0 Å². The summed E-state index contributed by atoms with van der Waals surface area (Å²) in [6.07, 6.45) is 0. The van der Waals surface area contributed by atoms with Crippen molar-refractivity contribution in [2.24, 2.45) is 0 Å². The first kappa shape index (κ1) is 17.8. The van der Waals surface area contributed by atoms with Gasteiger partial charge in [-0.1, -0.05) is 18.2 Å². The van der Waals surface area contributed by atoms with Crippen molar-refractivity contribution in [1.82, 2.24) is 14.7 Å². The van der Waals surface area contributed by atoms with E-state index in [1.807, 2.05) is 42.5 Å². The minimum absolute atomic E-state index is 0.409. The number of benzene rings is 2. The zero-order valence-electron chi connectivity index (χ0n) is 15.2. The number of rotatable bonds is 5. The van der Waals surface area contributed by atoms with Gasteiger partial charge in [-0.2, -0.15) is 0 Å². The van der Waals surface area contributed by atoms with Gasteiger partial charge in [-0.3, -0.25) is 4.90 Å². The highest BCUT2D eigenvalue weighted by molar-refractivity contribution is 7.71. The summed E-state index contributed by atoms with van der Waals surface area (Å²) in [5, 5.41) is 4.55. The van der Waals surface area contributed by atoms with E-state index < -0.39 is 0 Å². The molecular weight excluding hydrogens is 360 g/mol. The van der Waals surface area contributed by atoms with Crippen molar-refractivity contribution < 1.29 is 9.15 Å². The second kappa shape index (κ2) is 7.94. The Hall–Kier alpha value is -2.64. The molecule has 1 fully saturated rings. The summed E-state index contributed by atoms with van der Waals surface area (Å²) < 4.78 is 12.7. The molecule has 27 heavy (non-hydrogen) atoms. The zero-order chi connectivity index (χ0) is 18.6. The molecule has 1 aromatic heterocycles. The molecule has 1 aliphatic rings. The van der Waals surface area contributed by atoms with E-state index in [-0.39, 0.29) is 0 Å². The quantitative estimate of drug-likeness (QED) is 0.628. The van der Waals surface area contributed by atoms with E-state index in [1.54, 1.807) is 11.8 Å². The molecule has 1 saturated heterocycles. The molecule has 2 aromatic carbocycles. The van der Waals surface area contributed by atoms with Crippen molar-refractivity contribution in [3.8, 4) is 17.2 Å². The number of aromatic nitrogens is 2. The summed E-state index contributed by atoms with van der Waals surface area (Å²) in [6, 6.07) is 18.1. The molecule has 0 N–H and O–H groups in total. The molecule has 0 saturated carbocycles. The topological polar surface area (TPSA) is 46.7 Å². The van der Waals surface area contributed by atoms with Crippen molar-refractivity contribution in [1.29, 1.82) is 0 Å². The van der Waals surface area contributed by atoms with Gasteiger partial charge >= 0.3 is 0 Å². The standard InChI is InChI=1S/C20H22N4O2S/c1-25-18-9-7-17(8-10-18)23-13-11-22(12-14-23)15-24-20(27)26-19(21-24)16-5-3-2-4-6-16/h2-10H,11-15H2,1H3. The van der Waals surface area contributed by atoms with Crippen molar-refractivity contribution in [3.63, 3.8) is 0 Å². The second-order valence-electron chi connectivity index (χ2n) is 6.48. The Morgan fingerprint density at radius 3 is 2.37 bits per heavy atom. The summed E-state index contributed by atoms with van der Waals surface area (Å²) in [4.78, 5) is 5.13. The van der Waals surface area contributed by atoms with Crippen LogP contribution in [0.5, 0.6) is 5.75 Å². The van der Waals surface area contributed by atoms with Crippen LogP contribution in [0.25, 0.3) is 11.5 Å². The number of hydrogen-bond donors (Lipinski definition) is 0. The Balaban J connectivity index is 1.38. The summed E-state index contributed by atoms with van der Waals surface area (Å²) in [6.45, 7) is 4.46. The molecule has 140 valence electrons. The largest absolute Gasteiger partial charge is 0.497 e. The van der Waals surface area contributed by atoms with Gasteiger partial charge in [0.1, 0.15) is 5.75 Å². The SMILES string of the molecule is COc1ccc(N2CCN(Cn3nc(-c4ccccc4)oc3=S)CC2)cc1. The van der Waals surface area contributed by atoms with Gasteiger partial charge in [-0.05, 0) is 48.6 Å². The molecule has 0 aliphatic carbocycles. The van der Waals surface area contributed by atoms with Gasteiger partial charge < -0.3 is 14.1 Å². The monoisotopic (exact) mass is 382 g/mol. The highest BCUT2D eigenvalue weighted by atomic mass is 32.1. The number of methoxy groups -OCH3 is 1. The maximum atomic E-state index is 5.67. The first-order valence-corrected chi connectivity index (χ1v) is 9.38. The Bertz CT molecular complexity index is 929. The van der Waals surface area contributed by atoms with Crippen molar-refractivity contribution in [3.05, 3.63) is 59.4 Å². The fourth-order valence-electron chi connectivity index (χ4n) is 3.22. The highest BCUT2D eigenvalue weighted by Gasteiger charge is 2.19. The van der Waals surface area contributed by atoms with Crippen molar-refractivity contribution in [2.45, 2.75) is 6.67 Å². The number of ether oxygens (including phenoxy) is 1. The number of nitrogens with zero attached hydrogens (tertiary/aromatic N) is 4. The van der Waals surface area contributed by atoms with E-state index >= 15 is 0 Å². The second-order valence-corrected chi connectivity index (χ2v) is 6.83. The summed E-state index contributed by atoms with van der Waals surface area (Å²) in [5.74, 6) is 1.45. The third kappa shape index (κ3) is 4.04. The van der Waals surface area contributed by atoms with E-state index in [1.165, 1.54) is 5.69 Å². The van der Waals surface area contributed by atoms with Gasteiger partial charge in [-0.25, -0.2) is 4.68 Å². The van der Waals surface area contributed by atoms with Crippen LogP contribution in [0.2, 0.25) is 0 Å². The lowest BCUT2D eigenvalue weighted by atomic mass is 10.2. The molecule has 2 heterocycles. The van der Waals surface area contributed by atoms with Gasteiger partial charge in [0.05, 0.1) is 13.8 Å². The van der Waals surface area contributed by atoms with E-state index in [0.29, 0.717) is 17.4 Å². The zero-order valence-corrected chi connectivity index (χ0v) is 16.1. The minimum Gasteiger partial charge on any atom is -0.497 e. The fraction of sp³-hybridized carbons (Fsp3) is 0.300. The van der Waals surface area contributed by atoms with Gasteiger partial charge in [0.2, 0.25) is 5.89 Å². The molecule has 7 heteroatoms. The molecule has 0 spiro atoms. The predicted molar refractivity (Wildman–Crippen MR) is 108 cm³/mol. The third-order valence-corrected chi connectivity index (χ3v) is 5.06. The van der Waals surface area contributed by atoms with E-state index in [9.17, 15) is 0 Å². The Morgan fingerprint density at radius 2 is 1.70 bits per heavy atom. The molecule has 0 atom stereocenters. The predicted octanol–water partition coefficient (Wildman–Crippen LogP) is 3.66. The maximum Gasteiger partial charge on any atom is 0.288 e. The number of hydrogen-bond acceptors (Lipinski definition) is 6. The molecule has 0 radical (unpaired) electrons. The van der Waals surface area contributed by atoms with Crippen LogP contribution >= 0.6 is 12.2 Å². The van der Waals surface area contributed by atoms with Crippen LogP contribution in [0.1, 0.15) is 0 Å². The molecular formula is C20H22N4O2S. The van der Waals surface area contributed by atoms with E-state index in [2.05, 4.69) is 27.0 Å². The van der Waals surface area contributed by atoms with Gasteiger partial charge in [0.15, 0.2) is 0 Å². The third-order valence-electron chi connectivity index (χ3n) is 4.77. The van der Waals surface area contributed by atoms with Crippen molar-refractivity contribution >= 4 is 17.9 Å². The Labute approximate surface area is 163 Å². The lowest BCUT2D eigenvalue weighted by Crippen LogP contribution is -2.46. The summed E-state index contributed by atoms with van der Waals surface area (Å²) >= 11 is 5.35. The van der Waals surface area contributed by atoms with Crippen LogP contribution < -0.4 is 9.64 Å². The molecule has 0 bridgehead atoms. The van der Waals surface area contributed by atoms with Crippen LogP contribution in [0.3, 0.4) is 0 Å². The lowest BCUT2D eigenvalue weighted by Gasteiger charge is -2.35. The molecule has 0 amide bonds. The van der Waals surface area contributed by atoms with Crippen LogP contribution in [0.4, 0.5) is 5.69 Å². The first-order valence-electron chi connectivity index (χ1n) is 8.97. The maximum absolute atomic E-state index is 5.67. The number of anilines is 1. The molecule has 1 aliphatic heterocycles. The average molecular weight is 382 g/mol. The highest BCUT2D eigenvalue weighted by Crippen LogP contribution is 2.21. The smallest absolute Gasteiger partial charge is 0.288 e. The summed E-state index contributed by atoms with van der Waals surface area (Å²) in [5.41, 5.74) is 2.16.